The second-order valence-corrected chi connectivity index (χ2v) is 9.71. The Labute approximate surface area is 201 Å². The molecule has 1 aliphatic heterocycles. The molecule has 6 nitrogen and oxygen atoms in total. The van der Waals surface area contributed by atoms with E-state index in [4.69, 9.17) is 26.1 Å². The van der Waals surface area contributed by atoms with Gasteiger partial charge in [-0.25, -0.2) is 4.98 Å². The highest BCUT2D eigenvalue weighted by atomic mass is 35.5. The maximum atomic E-state index is 13.4. The summed E-state index contributed by atoms with van der Waals surface area (Å²) < 4.78 is 11.7. The van der Waals surface area contributed by atoms with E-state index in [-0.39, 0.29) is 5.91 Å². The molecule has 1 aromatic heterocycles. The van der Waals surface area contributed by atoms with E-state index >= 15 is 0 Å². The minimum absolute atomic E-state index is 0.0179. The zero-order valence-corrected chi connectivity index (χ0v) is 20.6. The number of carbonyl (C=O) groups is 1. The second kappa shape index (κ2) is 10.9. The number of thioether (sulfide) groups is 1. The zero-order valence-electron chi connectivity index (χ0n) is 18.2. The highest BCUT2D eigenvalue weighted by Gasteiger charge is 2.23. The molecule has 0 aliphatic carbocycles. The van der Waals surface area contributed by atoms with Crippen molar-refractivity contribution in [2.45, 2.75) is 11.3 Å². The van der Waals surface area contributed by atoms with Gasteiger partial charge in [0.2, 0.25) is 5.91 Å². The van der Waals surface area contributed by atoms with Crippen LogP contribution in [-0.4, -0.2) is 68.5 Å². The lowest BCUT2D eigenvalue weighted by molar-refractivity contribution is -0.118. The first-order chi connectivity index (χ1) is 15.6. The Bertz CT molecular complexity index is 1070. The molecule has 1 amide bonds. The molecule has 3 aromatic rings. The van der Waals surface area contributed by atoms with Crippen molar-refractivity contribution in [1.82, 2.24) is 9.88 Å². The van der Waals surface area contributed by atoms with Crippen LogP contribution in [0.3, 0.4) is 0 Å². The quantitative estimate of drug-likeness (QED) is 0.430. The summed E-state index contributed by atoms with van der Waals surface area (Å²) in [4.78, 5) is 23.5. The van der Waals surface area contributed by atoms with E-state index < -0.39 is 0 Å². The molecule has 1 aliphatic rings. The molecule has 2 aromatic carbocycles. The molecule has 0 N–H and O–H groups in total. The Morgan fingerprint density at radius 2 is 2.00 bits per heavy atom. The molecule has 2 heterocycles. The van der Waals surface area contributed by atoms with Crippen LogP contribution in [0.4, 0.5) is 5.13 Å². The predicted octanol–water partition coefficient (Wildman–Crippen LogP) is 4.59. The summed E-state index contributed by atoms with van der Waals surface area (Å²) in [6, 6.07) is 11.7. The fourth-order valence-corrected chi connectivity index (χ4v) is 5.34. The molecular formula is C23H26ClN3O3S2. The first kappa shape index (κ1) is 23.3. The van der Waals surface area contributed by atoms with Crippen LogP contribution in [0, 0.1) is 0 Å². The first-order valence-electron chi connectivity index (χ1n) is 10.5. The molecule has 0 saturated carbocycles. The summed E-state index contributed by atoms with van der Waals surface area (Å²) in [6.45, 7) is 4.52. The Balaban J connectivity index is 1.61. The van der Waals surface area contributed by atoms with Crippen LogP contribution in [0.2, 0.25) is 5.02 Å². The number of hydrogen-bond donors (Lipinski definition) is 0. The van der Waals surface area contributed by atoms with Gasteiger partial charge in [0.15, 0.2) is 5.13 Å². The zero-order chi connectivity index (χ0) is 22.5. The van der Waals surface area contributed by atoms with Crippen LogP contribution in [0.25, 0.3) is 10.2 Å². The topological polar surface area (TPSA) is 54.9 Å². The molecular weight excluding hydrogens is 466 g/mol. The van der Waals surface area contributed by atoms with Crippen molar-refractivity contribution in [3.05, 3.63) is 47.0 Å². The third kappa shape index (κ3) is 5.38. The summed E-state index contributed by atoms with van der Waals surface area (Å²) in [5, 5.41) is 1.25. The fraction of sp³-hybridized carbons (Fsp3) is 0.391. The molecule has 1 fully saturated rings. The number of nitrogens with zero attached hydrogens (tertiary/aromatic N) is 3. The van der Waals surface area contributed by atoms with Crippen LogP contribution in [0.1, 0.15) is 5.56 Å². The van der Waals surface area contributed by atoms with Crippen molar-refractivity contribution in [3.8, 4) is 5.75 Å². The standard InChI is InChI=1S/C23H26ClN3O3S2/c1-29-19-8-7-18(24)22-21(19)25-23(32-22)27(10-9-26-11-13-30-14-12-26)20(28)15-16-3-5-17(31-2)6-4-16/h3-8H,9-15H2,1-2H3. The summed E-state index contributed by atoms with van der Waals surface area (Å²) in [5.74, 6) is 0.671. The van der Waals surface area contributed by atoms with Gasteiger partial charge in [0.05, 0.1) is 36.5 Å². The van der Waals surface area contributed by atoms with Gasteiger partial charge in [0.25, 0.3) is 0 Å². The number of benzene rings is 2. The van der Waals surface area contributed by atoms with Crippen molar-refractivity contribution in [2.24, 2.45) is 0 Å². The lowest BCUT2D eigenvalue weighted by Gasteiger charge is -2.29. The highest BCUT2D eigenvalue weighted by Crippen LogP contribution is 2.38. The van der Waals surface area contributed by atoms with Crippen molar-refractivity contribution in [1.29, 1.82) is 0 Å². The second-order valence-electron chi connectivity index (χ2n) is 7.45. The van der Waals surface area contributed by atoms with Gasteiger partial charge in [-0.05, 0) is 36.1 Å². The maximum Gasteiger partial charge on any atom is 0.233 e. The lowest BCUT2D eigenvalue weighted by Crippen LogP contribution is -2.43. The third-order valence-corrected chi connectivity index (χ3v) is 7.74. The molecule has 0 bridgehead atoms. The number of thiazole rings is 1. The van der Waals surface area contributed by atoms with Gasteiger partial charge in [0, 0.05) is 31.1 Å². The molecule has 0 spiro atoms. The molecule has 0 atom stereocenters. The van der Waals surface area contributed by atoms with Crippen molar-refractivity contribution in [3.63, 3.8) is 0 Å². The number of rotatable bonds is 8. The van der Waals surface area contributed by atoms with Gasteiger partial charge in [-0.1, -0.05) is 35.1 Å². The van der Waals surface area contributed by atoms with Crippen LogP contribution in [-0.2, 0) is 16.0 Å². The number of carbonyl (C=O) groups excluding carboxylic acids is 1. The summed E-state index contributed by atoms with van der Waals surface area (Å²) in [6.07, 6.45) is 2.36. The number of halogens is 1. The van der Waals surface area contributed by atoms with E-state index in [0.717, 1.165) is 43.1 Å². The van der Waals surface area contributed by atoms with Gasteiger partial charge < -0.3 is 9.47 Å². The van der Waals surface area contributed by atoms with Crippen molar-refractivity contribution in [2.75, 3.05) is 57.7 Å². The van der Waals surface area contributed by atoms with Gasteiger partial charge in [-0.2, -0.15) is 0 Å². The largest absolute Gasteiger partial charge is 0.494 e. The molecule has 0 radical (unpaired) electrons. The highest BCUT2D eigenvalue weighted by molar-refractivity contribution is 7.98. The fourth-order valence-electron chi connectivity index (χ4n) is 3.63. The van der Waals surface area contributed by atoms with Crippen LogP contribution >= 0.6 is 34.7 Å². The van der Waals surface area contributed by atoms with E-state index in [1.54, 1.807) is 35.9 Å². The van der Waals surface area contributed by atoms with Gasteiger partial charge in [-0.3, -0.25) is 14.6 Å². The Hall–Kier alpha value is -1.84. The Morgan fingerprint density at radius 1 is 1.25 bits per heavy atom. The van der Waals surface area contributed by atoms with E-state index in [2.05, 4.69) is 4.90 Å². The van der Waals surface area contributed by atoms with E-state index in [9.17, 15) is 4.79 Å². The number of amides is 1. The Morgan fingerprint density at radius 3 is 2.69 bits per heavy atom. The van der Waals surface area contributed by atoms with Crippen molar-refractivity contribution >= 4 is 56.0 Å². The smallest absolute Gasteiger partial charge is 0.233 e. The van der Waals surface area contributed by atoms with Crippen LogP contribution in [0.5, 0.6) is 5.75 Å². The summed E-state index contributed by atoms with van der Waals surface area (Å²) in [5.41, 5.74) is 1.68. The van der Waals surface area contributed by atoms with Crippen molar-refractivity contribution < 1.29 is 14.3 Å². The molecule has 0 unspecified atom stereocenters. The van der Waals surface area contributed by atoms with Gasteiger partial charge >= 0.3 is 0 Å². The summed E-state index contributed by atoms with van der Waals surface area (Å²) in [7, 11) is 1.61. The van der Waals surface area contributed by atoms with E-state index in [0.29, 0.717) is 34.4 Å². The molecule has 1 saturated heterocycles. The van der Waals surface area contributed by atoms with E-state index in [1.807, 2.05) is 30.5 Å². The molecule has 32 heavy (non-hydrogen) atoms. The average molecular weight is 492 g/mol. The average Bonchev–Trinajstić information content (AvgIpc) is 3.27. The minimum atomic E-state index is 0.0179. The monoisotopic (exact) mass is 491 g/mol. The number of ether oxygens (including phenoxy) is 2. The number of anilines is 1. The molecule has 9 heteroatoms. The minimum Gasteiger partial charge on any atom is -0.494 e. The Kier molecular flexibility index (Phi) is 7.91. The van der Waals surface area contributed by atoms with E-state index in [1.165, 1.54) is 16.2 Å². The summed E-state index contributed by atoms with van der Waals surface area (Å²) >= 11 is 9.54. The van der Waals surface area contributed by atoms with Gasteiger partial charge in [0.1, 0.15) is 11.3 Å². The number of fused-ring (bicyclic) bond motifs is 1. The maximum absolute atomic E-state index is 13.4. The third-order valence-electron chi connectivity index (χ3n) is 5.46. The first-order valence-corrected chi connectivity index (χ1v) is 12.9. The number of methoxy groups -OCH3 is 1. The predicted molar refractivity (Wildman–Crippen MR) is 133 cm³/mol. The SMILES string of the molecule is COc1ccc(Cl)c2sc(N(CCN3CCOCC3)C(=O)Cc3ccc(SC)cc3)nc12. The number of morpholine rings is 1. The lowest BCUT2D eigenvalue weighted by atomic mass is 10.1. The normalized spacial score (nSPS) is 14.6. The number of hydrogen-bond acceptors (Lipinski definition) is 7. The van der Waals surface area contributed by atoms with Crippen LogP contribution < -0.4 is 9.64 Å². The van der Waals surface area contributed by atoms with Crippen LogP contribution in [0.15, 0.2) is 41.3 Å². The molecule has 4 rings (SSSR count). The molecule has 170 valence electrons. The number of aromatic nitrogens is 1. The van der Waals surface area contributed by atoms with Gasteiger partial charge in [-0.15, -0.1) is 11.8 Å².